The first-order valence-corrected chi connectivity index (χ1v) is 7.69. The highest BCUT2D eigenvalue weighted by atomic mass is 16.5. The van der Waals surface area contributed by atoms with E-state index in [2.05, 4.69) is 9.97 Å². The fourth-order valence-electron chi connectivity index (χ4n) is 2.79. The van der Waals surface area contributed by atoms with Crippen LogP contribution < -0.4 is 4.74 Å². The van der Waals surface area contributed by atoms with E-state index in [4.69, 9.17) is 9.47 Å². The second-order valence-corrected chi connectivity index (χ2v) is 5.66. The molecule has 1 fully saturated rings. The maximum atomic E-state index is 12.7. The predicted octanol–water partition coefficient (Wildman–Crippen LogP) is 1.87. The quantitative estimate of drug-likeness (QED) is 0.935. The first-order valence-electron chi connectivity index (χ1n) is 7.69. The van der Waals surface area contributed by atoms with Crippen LogP contribution in [0.25, 0.3) is 0 Å². The van der Waals surface area contributed by atoms with Crippen LogP contribution in [0.15, 0.2) is 30.5 Å². The number of nitrogens with zero attached hydrogens (tertiary/aromatic N) is 2. The van der Waals surface area contributed by atoms with Gasteiger partial charge in [-0.05, 0) is 24.6 Å². The molecule has 23 heavy (non-hydrogen) atoms. The SMILES string of the molecule is COc1cccc(CC(=O)N2CCOCC2c2ncc(C)[nH]2)c1. The van der Waals surface area contributed by atoms with Gasteiger partial charge in [0.05, 0.1) is 26.7 Å². The zero-order valence-corrected chi connectivity index (χ0v) is 13.4. The monoisotopic (exact) mass is 315 g/mol. The number of morpholine rings is 1. The van der Waals surface area contributed by atoms with Crippen LogP contribution >= 0.6 is 0 Å². The molecular weight excluding hydrogens is 294 g/mol. The third-order valence-electron chi connectivity index (χ3n) is 3.98. The molecule has 0 spiro atoms. The second kappa shape index (κ2) is 6.83. The number of aromatic nitrogens is 2. The lowest BCUT2D eigenvalue weighted by Crippen LogP contribution is -2.44. The molecule has 1 aliphatic rings. The number of imidazole rings is 1. The van der Waals surface area contributed by atoms with Gasteiger partial charge >= 0.3 is 0 Å². The van der Waals surface area contributed by atoms with Crippen molar-refractivity contribution in [3.05, 3.63) is 47.5 Å². The molecule has 1 saturated heterocycles. The molecule has 1 N–H and O–H groups in total. The molecule has 1 aliphatic heterocycles. The molecule has 6 heteroatoms. The van der Waals surface area contributed by atoms with Gasteiger partial charge in [0.25, 0.3) is 0 Å². The van der Waals surface area contributed by atoms with Crippen LogP contribution in [0.3, 0.4) is 0 Å². The van der Waals surface area contributed by atoms with E-state index in [-0.39, 0.29) is 11.9 Å². The molecule has 1 aromatic heterocycles. The molecule has 3 rings (SSSR count). The lowest BCUT2D eigenvalue weighted by atomic mass is 10.1. The Bertz CT molecular complexity index is 683. The van der Waals surface area contributed by atoms with Gasteiger partial charge in [0, 0.05) is 18.4 Å². The Labute approximate surface area is 135 Å². The first kappa shape index (κ1) is 15.6. The highest BCUT2D eigenvalue weighted by Crippen LogP contribution is 2.23. The molecule has 1 atom stereocenters. The van der Waals surface area contributed by atoms with E-state index in [1.807, 2.05) is 36.1 Å². The molecule has 0 bridgehead atoms. The number of hydrogen-bond acceptors (Lipinski definition) is 4. The average molecular weight is 315 g/mol. The van der Waals surface area contributed by atoms with Crippen LogP contribution in [0.1, 0.15) is 23.1 Å². The van der Waals surface area contributed by atoms with Crippen molar-refractivity contribution in [2.45, 2.75) is 19.4 Å². The van der Waals surface area contributed by atoms with E-state index in [0.29, 0.717) is 26.2 Å². The largest absolute Gasteiger partial charge is 0.497 e. The fraction of sp³-hybridized carbons (Fsp3) is 0.412. The highest BCUT2D eigenvalue weighted by molar-refractivity contribution is 5.79. The molecular formula is C17H21N3O3. The van der Waals surface area contributed by atoms with Gasteiger partial charge in [-0.1, -0.05) is 12.1 Å². The van der Waals surface area contributed by atoms with Crippen LogP contribution in [-0.2, 0) is 16.0 Å². The van der Waals surface area contributed by atoms with E-state index < -0.39 is 0 Å². The Morgan fingerprint density at radius 1 is 1.52 bits per heavy atom. The average Bonchev–Trinajstić information content (AvgIpc) is 3.01. The number of amides is 1. The number of rotatable bonds is 4. The summed E-state index contributed by atoms with van der Waals surface area (Å²) in [7, 11) is 1.62. The van der Waals surface area contributed by atoms with E-state index in [1.54, 1.807) is 13.3 Å². The predicted molar refractivity (Wildman–Crippen MR) is 85.3 cm³/mol. The minimum absolute atomic E-state index is 0.0700. The van der Waals surface area contributed by atoms with Gasteiger partial charge < -0.3 is 19.4 Å². The summed E-state index contributed by atoms with van der Waals surface area (Å²) in [5, 5.41) is 0. The molecule has 6 nitrogen and oxygen atoms in total. The third-order valence-corrected chi connectivity index (χ3v) is 3.98. The zero-order valence-electron chi connectivity index (χ0n) is 13.4. The summed E-state index contributed by atoms with van der Waals surface area (Å²) in [4.78, 5) is 22.2. The van der Waals surface area contributed by atoms with Crippen molar-refractivity contribution in [3.63, 3.8) is 0 Å². The molecule has 0 saturated carbocycles. The number of aromatic amines is 1. The molecule has 1 unspecified atom stereocenters. The molecule has 122 valence electrons. The summed E-state index contributed by atoms with van der Waals surface area (Å²) in [5.74, 6) is 1.61. The smallest absolute Gasteiger partial charge is 0.227 e. The molecule has 1 amide bonds. The number of benzene rings is 1. The number of H-pyrrole nitrogens is 1. The minimum atomic E-state index is -0.157. The van der Waals surface area contributed by atoms with Crippen LogP contribution in [0.4, 0.5) is 0 Å². The number of carbonyl (C=O) groups is 1. The molecule has 0 radical (unpaired) electrons. The Morgan fingerprint density at radius 3 is 3.13 bits per heavy atom. The summed E-state index contributed by atoms with van der Waals surface area (Å²) in [6.45, 7) is 3.55. The summed E-state index contributed by atoms with van der Waals surface area (Å²) in [6.07, 6.45) is 2.11. The van der Waals surface area contributed by atoms with Crippen molar-refractivity contribution in [1.82, 2.24) is 14.9 Å². The van der Waals surface area contributed by atoms with Crippen LogP contribution in [0.2, 0.25) is 0 Å². The molecule has 2 heterocycles. The lowest BCUT2D eigenvalue weighted by Gasteiger charge is -2.34. The van der Waals surface area contributed by atoms with Crippen molar-refractivity contribution in [1.29, 1.82) is 0 Å². The van der Waals surface area contributed by atoms with Gasteiger partial charge in [-0.25, -0.2) is 4.98 Å². The molecule has 2 aromatic rings. The van der Waals surface area contributed by atoms with Gasteiger partial charge in [-0.2, -0.15) is 0 Å². The maximum absolute atomic E-state index is 12.7. The van der Waals surface area contributed by atoms with Crippen LogP contribution in [0.5, 0.6) is 5.75 Å². The van der Waals surface area contributed by atoms with Gasteiger partial charge in [0.15, 0.2) is 0 Å². The third kappa shape index (κ3) is 3.53. The van der Waals surface area contributed by atoms with Gasteiger partial charge in [-0.15, -0.1) is 0 Å². The number of methoxy groups -OCH3 is 1. The normalized spacial score (nSPS) is 18.0. The van der Waals surface area contributed by atoms with E-state index in [9.17, 15) is 4.79 Å². The minimum Gasteiger partial charge on any atom is -0.497 e. The maximum Gasteiger partial charge on any atom is 0.227 e. The standard InChI is InChI=1S/C17H21N3O3/c1-12-10-18-17(19-12)15-11-23-7-6-20(15)16(21)9-13-4-3-5-14(8-13)22-2/h3-5,8,10,15H,6-7,9,11H2,1-2H3,(H,18,19). The van der Waals surface area contributed by atoms with Gasteiger partial charge in [-0.3, -0.25) is 4.79 Å². The van der Waals surface area contributed by atoms with E-state index >= 15 is 0 Å². The van der Waals surface area contributed by atoms with Gasteiger partial charge in [0.2, 0.25) is 5.91 Å². The van der Waals surface area contributed by atoms with Gasteiger partial charge in [0.1, 0.15) is 17.6 Å². The lowest BCUT2D eigenvalue weighted by molar-refractivity contribution is -0.139. The Balaban J connectivity index is 1.75. The number of carbonyl (C=O) groups excluding carboxylic acids is 1. The first-order chi connectivity index (χ1) is 11.2. The number of nitrogens with one attached hydrogen (secondary N) is 1. The van der Waals surface area contributed by atoms with Crippen molar-refractivity contribution >= 4 is 5.91 Å². The zero-order chi connectivity index (χ0) is 16.2. The molecule has 0 aliphatic carbocycles. The van der Waals surface area contributed by atoms with Crippen molar-refractivity contribution in [2.75, 3.05) is 26.9 Å². The number of aryl methyl sites for hydroxylation is 1. The summed E-state index contributed by atoms with van der Waals surface area (Å²) >= 11 is 0. The van der Waals surface area contributed by atoms with Crippen LogP contribution in [-0.4, -0.2) is 47.6 Å². The van der Waals surface area contributed by atoms with E-state index in [1.165, 1.54) is 0 Å². The Hall–Kier alpha value is -2.34. The fourth-order valence-corrected chi connectivity index (χ4v) is 2.79. The second-order valence-electron chi connectivity index (χ2n) is 5.66. The van der Waals surface area contributed by atoms with Crippen LogP contribution in [0, 0.1) is 6.92 Å². The summed E-state index contributed by atoms with van der Waals surface area (Å²) in [6, 6.07) is 7.44. The van der Waals surface area contributed by atoms with Crippen molar-refractivity contribution in [3.8, 4) is 5.75 Å². The number of ether oxygens (including phenoxy) is 2. The Kier molecular flexibility index (Phi) is 4.62. The highest BCUT2D eigenvalue weighted by Gasteiger charge is 2.30. The van der Waals surface area contributed by atoms with Crippen molar-refractivity contribution in [2.24, 2.45) is 0 Å². The van der Waals surface area contributed by atoms with E-state index in [0.717, 1.165) is 22.8 Å². The summed E-state index contributed by atoms with van der Waals surface area (Å²) < 4.78 is 10.8. The molecule has 1 aromatic carbocycles. The summed E-state index contributed by atoms with van der Waals surface area (Å²) in [5.41, 5.74) is 1.92. The van der Waals surface area contributed by atoms with Crippen molar-refractivity contribution < 1.29 is 14.3 Å². The Morgan fingerprint density at radius 2 is 2.39 bits per heavy atom. The number of hydrogen-bond donors (Lipinski definition) is 1. The topological polar surface area (TPSA) is 67.4 Å².